The Hall–Kier alpha value is 0.140. The van der Waals surface area contributed by atoms with Crippen molar-refractivity contribution in [2.45, 2.75) is 38.6 Å². The van der Waals surface area contributed by atoms with Crippen LogP contribution in [0.15, 0.2) is 15.9 Å². The van der Waals surface area contributed by atoms with Crippen LogP contribution in [0.4, 0.5) is 0 Å². The van der Waals surface area contributed by atoms with Crippen molar-refractivity contribution in [3.05, 3.63) is 20.8 Å². The lowest BCUT2D eigenvalue weighted by molar-refractivity contribution is 0.410. The Bertz CT molecular complexity index is 293. The first kappa shape index (κ1) is 12.2. The van der Waals surface area contributed by atoms with Crippen LogP contribution in [0, 0.1) is 0 Å². The zero-order valence-electron chi connectivity index (χ0n) is 9.23. The van der Waals surface area contributed by atoms with Gasteiger partial charge < -0.3 is 5.32 Å². The van der Waals surface area contributed by atoms with Crippen LogP contribution in [-0.4, -0.2) is 13.1 Å². The summed E-state index contributed by atoms with van der Waals surface area (Å²) in [6.45, 7) is 6.83. The molecule has 0 saturated carbocycles. The van der Waals surface area contributed by atoms with Gasteiger partial charge in [0.2, 0.25) is 0 Å². The largest absolute Gasteiger partial charge is 0.317 e. The van der Waals surface area contributed by atoms with Crippen LogP contribution >= 0.6 is 27.3 Å². The summed E-state index contributed by atoms with van der Waals surface area (Å²) in [5.74, 6) is 0. The van der Waals surface area contributed by atoms with Gasteiger partial charge in [0.25, 0.3) is 0 Å². The standard InChI is InChI=1S/C11H18BrNS/c1-8(13-4)7-11(2,3)10-9(12)5-6-14-10/h5-6,8,13H,7H2,1-4H3. The minimum Gasteiger partial charge on any atom is -0.317 e. The zero-order valence-corrected chi connectivity index (χ0v) is 11.6. The van der Waals surface area contributed by atoms with Crippen molar-refractivity contribution in [3.63, 3.8) is 0 Å². The topological polar surface area (TPSA) is 12.0 Å². The van der Waals surface area contributed by atoms with E-state index >= 15 is 0 Å². The smallest absolute Gasteiger partial charge is 0.0319 e. The molecule has 0 aliphatic carbocycles. The summed E-state index contributed by atoms with van der Waals surface area (Å²) in [5.41, 5.74) is 0.245. The molecule has 1 N–H and O–H groups in total. The monoisotopic (exact) mass is 275 g/mol. The number of nitrogens with one attached hydrogen (secondary N) is 1. The van der Waals surface area contributed by atoms with Crippen LogP contribution in [0.5, 0.6) is 0 Å². The molecule has 80 valence electrons. The summed E-state index contributed by atoms with van der Waals surface area (Å²) in [4.78, 5) is 1.44. The molecule has 3 heteroatoms. The highest BCUT2D eigenvalue weighted by atomic mass is 79.9. The molecule has 0 amide bonds. The van der Waals surface area contributed by atoms with E-state index in [2.05, 4.69) is 53.5 Å². The third kappa shape index (κ3) is 2.81. The summed E-state index contributed by atoms with van der Waals surface area (Å²) in [5, 5.41) is 5.44. The number of halogens is 1. The maximum atomic E-state index is 3.60. The van der Waals surface area contributed by atoms with Crippen LogP contribution in [0.25, 0.3) is 0 Å². The summed E-state index contributed by atoms with van der Waals surface area (Å²) in [6.07, 6.45) is 1.16. The van der Waals surface area contributed by atoms with Gasteiger partial charge in [-0.05, 0) is 47.8 Å². The van der Waals surface area contributed by atoms with Gasteiger partial charge in [0.1, 0.15) is 0 Å². The molecule has 1 atom stereocenters. The molecular formula is C11H18BrNS. The van der Waals surface area contributed by atoms with Crippen LogP contribution < -0.4 is 5.32 Å². The average Bonchev–Trinajstić information content (AvgIpc) is 2.51. The number of rotatable bonds is 4. The predicted octanol–water partition coefficient (Wildman–Crippen LogP) is 3.79. The van der Waals surface area contributed by atoms with Gasteiger partial charge in [0.05, 0.1) is 0 Å². The Balaban J connectivity index is 2.80. The Morgan fingerprint density at radius 3 is 2.64 bits per heavy atom. The third-order valence-corrected chi connectivity index (χ3v) is 4.74. The molecule has 1 unspecified atom stereocenters. The lowest BCUT2D eigenvalue weighted by atomic mass is 9.84. The quantitative estimate of drug-likeness (QED) is 0.882. The highest BCUT2D eigenvalue weighted by molar-refractivity contribution is 9.10. The second kappa shape index (κ2) is 4.77. The molecule has 0 spiro atoms. The van der Waals surface area contributed by atoms with Crippen molar-refractivity contribution in [1.29, 1.82) is 0 Å². The van der Waals surface area contributed by atoms with Crippen molar-refractivity contribution in [2.75, 3.05) is 7.05 Å². The second-order valence-electron chi connectivity index (χ2n) is 4.38. The molecule has 1 nitrogen and oxygen atoms in total. The van der Waals surface area contributed by atoms with Gasteiger partial charge in [-0.25, -0.2) is 0 Å². The van der Waals surface area contributed by atoms with Crippen molar-refractivity contribution in [1.82, 2.24) is 5.32 Å². The fourth-order valence-electron chi connectivity index (χ4n) is 1.74. The van der Waals surface area contributed by atoms with E-state index in [9.17, 15) is 0 Å². The summed E-state index contributed by atoms with van der Waals surface area (Å²) in [6, 6.07) is 2.69. The van der Waals surface area contributed by atoms with Crippen molar-refractivity contribution in [2.24, 2.45) is 0 Å². The Labute approximate surface area is 99.0 Å². The van der Waals surface area contributed by atoms with E-state index in [0.29, 0.717) is 6.04 Å². The van der Waals surface area contributed by atoms with Gasteiger partial charge in [-0.15, -0.1) is 11.3 Å². The molecule has 0 bridgehead atoms. The fraction of sp³-hybridized carbons (Fsp3) is 0.636. The maximum Gasteiger partial charge on any atom is 0.0319 e. The molecule has 1 rings (SSSR count). The highest BCUT2D eigenvalue weighted by Gasteiger charge is 2.26. The minimum absolute atomic E-state index is 0.245. The molecule has 14 heavy (non-hydrogen) atoms. The number of hydrogen-bond acceptors (Lipinski definition) is 2. The van der Waals surface area contributed by atoms with Gasteiger partial charge in [-0.3, -0.25) is 0 Å². The molecule has 0 aromatic carbocycles. The molecule has 0 aliphatic rings. The van der Waals surface area contributed by atoms with Gasteiger partial charge in [-0.1, -0.05) is 13.8 Å². The van der Waals surface area contributed by atoms with Gasteiger partial charge in [-0.2, -0.15) is 0 Å². The molecule has 0 radical (unpaired) electrons. The van der Waals surface area contributed by atoms with Crippen LogP contribution in [0.2, 0.25) is 0 Å². The van der Waals surface area contributed by atoms with E-state index in [1.807, 2.05) is 18.4 Å². The lowest BCUT2D eigenvalue weighted by Gasteiger charge is -2.27. The predicted molar refractivity (Wildman–Crippen MR) is 68.2 cm³/mol. The zero-order chi connectivity index (χ0) is 10.8. The van der Waals surface area contributed by atoms with Crippen molar-refractivity contribution < 1.29 is 0 Å². The van der Waals surface area contributed by atoms with Crippen molar-refractivity contribution >= 4 is 27.3 Å². The molecule has 1 heterocycles. The van der Waals surface area contributed by atoms with E-state index < -0.39 is 0 Å². The average molecular weight is 276 g/mol. The molecule has 0 aliphatic heterocycles. The highest BCUT2D eigenvalue weighted by Crippen LogP contribution is 2.37. The lowest BCUT2D eigenvalue weighted by Crippen LogP contribution is -2.30. The number of thiophene rings is 1. The molecule has 1 aromatic rings. The van der Waals surface area contributed by atoms with E-state index in [-0.39, 0.29) is 5.41 Å². The van der Waals surface area contributed by atoms with E-state index in [1.165, 1.54) is 9.35 Å². The van der Waals surface area contributed by atoms with E-state index in [1.54, 1.807) is 0 Å². The number of hydrogen-bond donors (Lipinski definition) is 1. The van der Waals surface area contributed by atoms with E-state index in [4.69, 9.17) is 0 Å². The molecule has 1 aromatic heterocycles. The summed E-state index contributed by atoms with van der Waals surface area (Å²) >= 11 is 5.44. The first-order valence-corrected chi connectivity index (χ1v) is 6.55. The van der Waals surface area contributed by atoms with Crippen molar-refractivity contribution in [3.8, 4) is 0 Å². The van der Waals surface area contributed by atoms with E-state index in [0.717, 1.165) is 6.42 Å². The first-order valence-electron chi connectivity index (χ1n) is 4.88. The molecular weight excluding hydrogens is 258 g/mol. The second-order valence-corrected chi connectivity index (χ2v) is 6.15. The SMILES string of the molecule is CNC(C)CC(C)(C)c1sccc1Br. The summed E-state index contributed by atoms with van der Waals surface area (Å²) in [7, 11) is 2.02. The van der Waals surface area contributed by atoms with Gasteiger partial charge in [0.15, 0.2) is 0 Å². The third-order valence-electron chi connectivity index (χ3n) is 2.54. The minimum atomic E-state index is 0.245. The normalized spacial score (nSPS) is 14.4. The summed E-state index contributed by atoms with van der Waals surface area (Å²) < 4.78 is 1.25. The Morgan fingerprint density at radius 2 is 2.21 bits per heavy atom. The Kier molecular flexibility index (Phi) is 4.16. The Morgan fingerprint density at radius 1 is 1.57 bits per heavy atom. The van der Waals surface area contributed by atoms with Gasteiger partial charge >= 0.3 is 0 Å². The molecule has 0 saturated heterocycles. The van der Waals surface area contributed by atoms with Crippen LogP contribution in [0.1, 0.15) is 32.1 Å². The fourth-order valence-corrected chi connectivity index (χ4v) is 3.78. The van der Waals surface area contributed by atoms with Crippen LogP contribution in [-0.2, 0) is 5.41 Å². The first-order chi connectivity index (χ1) is 6.47. The van der Waals surface area contributed by atoms with Crippen LogP contribution in [0.3, 0.4) is 0 Å². The maximum absolute atomic E-state index is 3.60. The molecule has 0 fully saturated rings. The van der Waals surface area contributed by atoms with Gasteiger partial charge in [0, 0.05) is 20.8 Å².